The molecule has 1 amide bonds. The Morgan fingerprint density at radius 1 is 0.862 bits per heavy atom. The van der Waals surface area contributed by atoms with E-state index in [-0.39, 0.29) is 12.5 Å². The third-order valence-electron chi connectivity index (χ3n) is 3.97. The second-order valence-electron chi connectivity index (χ2n) is 5.78. The van der Waals surface area contributed by atoms with Gasteiger partial charge in [-0.2, -0.15) is 0 Å². The molecule has 8 nitrogen and oxygen atoms in total. The summed E-state index contributed by atoms with van der Waals surface area (Å²) in [5.74, 6) is 0.339. The summed E-state index contributed by atoms with van der Waals surface area (Å²) in [6.45, 7) is 2.97. The molecule has 0 aromatic heterocycles. The summed E-state index contributed by atoms with van der Waals surface area (Å²) in [6, 6.07) is 9.51. The van der Waals surface area contributed by atoms with Gasteiger partial charge in [-0.05, 0) is 43.3 Å². The van der Waals surface area contributed by atoms with Crippen LogP contribution in [-0.4, -0.2) is 53.0 Å². The maximum atomic E-state index is 12.6. The molecular formula is C21H25NO7. The number of hydrogen-bond acceptors (Lipinski definition) is 7. The lowest BCUT2D eigenvalue weighted by atomic mass is 10.1. The number of esters is 1. The highest BCUT2D eigenvalue weighted by atomic mass is 16.6. The first kappa shape index (κ1) is 22.0. The average molecular weight is 403 g/mol. The third-order valence-corrected chi connectivity index (χ3v) is 3.97. The Bertz CT molecular complexity index is 808. The Hall–Kier alpha value is -3.26. The standard InChI is InChI=1S/C21H25NO7/c1-5-28-10-11-29-21(24)14-6-8-16(9-7-14)22-20(23)15-12-17(25-2)19(27-4)18(13-15)26-3/h6-9,12-13H,5,10-11H2,1-4H3,(H,22,23). The van der Waals surface area contributed by atoms with Gasteiger partial charge in [0.05, 0.1) is 33.5 Å². The van der Waals surface area contributed by atoms with Gasteiger partial charge >= 0.3 is 5.97 Å². The molecule has 2 rings (SSSR count). The van der Waals surface area contributed by atoms with Gasteiger partial charge in [-0.3, -0.25) is 4.79 Å². The van der Waals surface area contributed by atoms with Crippen molar-refractivity contribution in [3.05, 3.63) is 47.5 Å². The van der Waals surface area contributed by atoms with Crippen molar-refractivity contribution in [2.75, 3.05) is 46.5 Å². The number of benzene rings is 2. The van der Waals surface area contributed by atoms with E-state index in [1.807, 2.05) is 6.92 Å². The zero-order valence-corrected chi connectivity index (χ0v) is 16.9. The molecule has 0 spiro atoms. The lowest BCUT2D eigenvalue weighted by Gasteiger charge is -2.14. The first-order valence-electron chi connectivity index (χ1n) is 9.00. The van der Waals surface area contributed by atoms with Gasteiger partial charge in [0.25, 0.3) is 5.91 Å². The van der Waals surface area contributed by atoms with Gasteiger partial charge in [-0.1, -0.05) is 0 Å². The van der Waals surface area contributed by atoms with E-state index >= 15 is 0 Å². The molecule has 1 N–H and O–H groups in total. The number of nitrogens with one attached hydrogen (secondary N) is 1. The van der Waals surface area contributed by atoms with Gasteiger partial charge < -0.3 is 29.0 Å². The van der Waals surface area contributed by atoms with E-state index in [0.29, 0.717) is 47.3 Å². The molecular weight excluding hydrogens is 378 g/mol. The molecule has 0 heterocycles. The molecule has 2 aromatic carbocycles. The molecule has 0 aliphatic rings. The average Bonchev–Trinajstić information content (AvgIpc) is 2.75. The number of anilines is 1. The fourth-order valence-electron chi connectivity index (χ4n) is 2.53. The largest absolute Gasteiger partial charge is 0.493 e. The van der Waals surface area contributed by atoms with Crippen LogP contribution in [0.3, 0.4) is 0 Å². The molecule has 8 heteroatoms. The van der Waals surface area contributed by atoms with Crippen molar-refractivity contribution in [2.45, 2.75) is 6.92 Å². The highest BCUT2D eigenvalue weighted by Crippen LogP contribution is 2.38. The van der Waals surface area contributed by atoms with Gasteiger partial charge in [0.15, 0.2) is 11.5 Å². The van der Waals surface area contributed by atoms with Crippen molar-refractivity contribution < 1.29 is 33.3 Å². The first-order chi connectivity index (χ1) is 14.0. The number of methoxy groups -OCH3 is 3. The number of rotatable bonds is 10. The SMILES string of the molecule is CCOCCOC(=O)c1ccc(NC(=O)c2cc(OC)c(OC)c(OC)c2)cc1. The van der Waals surface area contributed by atoms with Crippen LogP contribution in [0.1, 0.15) is 27.6 Å². The van der Waals surface area contributed by atoms with Crippen LogP contribution in [0.15, 0.2) is 36.4 Å². The van der Waals surface area contributed by atoms with Crippen LogP contribution in [0, 0.1) is 0 Å². The van der Waals surface area contributed by atoms with E-state index in [1.165, 1.54) is 21.3 Å². The number of carbonyl (C=O) groups excluding carboxylic acids is 2. The van der Waals surface area contributed by atoms with Crippen molar-refractivity contribution in [3.8, 4) is 17.2 Å². The topological polar surface area (TPSA) is 92.3 Å². The maximum absolute atomic E-state index is 12.6. The molecule has 29 heavy (non-hydrogen) atoms. The summed E-state index contributed by atoms with van der Waals surface area (Å²) in [5, 5.41) is 2.76. The van der Waals surface area contributed by atoms with Gasteiger partial charge in [0.1, 0.15) is 6.61 Å². The van der Waals surface area contributed by atoms with Crippen LogP contribution in [0.25, 0.3) is 0 Å². The fourth-order valence-corrected chi connectivity index (χ4v) is 2.53. The van der Waals surface area contributed by atoms with Crippen LogP contribution < -0.4 is 19.5 Å². The predicted molar refractivity (Wildman–Crippen MR) is 107 cm³/mol. The maximum Gasteiger partial charge on any atom is 0.338 e. The molecule has 0 aliphatic carbocycles. The van der Waals surface area contributed by atoms with Gasteiger partial charge in [-0.15, -0.1) is 0 Å². The van der Waals surface area contributed by atoms with Crippen molar-refractivity contribution in [3.63, 3.8) is 0 Å². The molecule has 0 unspecified atom stereocenters. The fraction of sp³-hybridized carbons (Fsp3) is 0.333. The van der Waals surface area contributed by atoms with E-state index in [2.05, 4.69) is 5.32 Å². The summed E-state index contributed by atoms with van der Waals surface area (Å²) < 4.78 is 26.0. The van der Waals surface area contributed by atoms with E-state index in [4.69, 9.17) is 23.7 Å². The van der Waals surface area contributed by atoms with Crippen molar-refractivity contribution in [1.29, 1.82) is 0 Å². The first-order valence-corrected chi connectivity index (χ1v) is 9.00. The molecule has 0 bridgehead atoms. The Morgan fingerprint density at radius 3 is 2.00 bits per heavy atom. The zero-order valence-electron chi connectivity index (χ0n) is 16.9. The van der Waals surface area contributed by atoms with Crippen LogP contribution in [0.2, 0.25) is 0 Å². The van der Waals surface area contributed by atoms with E-state index in [0.717, 1.165) is 0 Å². The molecule has 0 atom stereocenters. The Balaban J connectivity index is 2.06. The lowest BCUT2D eigenvalue weighted by molar-refractivity contribution is 0.0335. The van der Waals surface area contributed by atoms with Crippen LogP contribution in [0.5, 0.6) is 17.2 Å². The summed E-state index contributed by atoms with van der Waals surface area (Å²) in [6.07, 6.45) is 0. The predicted octanol–water partition coefficient (Wildman–Crippen LogP) is 3.16. The van der Waals surface area contributed by atoms with Gasteiger partial charge in [0.2, 0.25) is 5.75 Å². The zero-order chi connectivity index (χ0) is 21.2. The molecule has 0 fully saturated rings. The van der Waals surface area contributed by atoms with Crippen LogP contribution in [-0.2, 0) is 9.47 Å². The van der Waals surface area contributed by atoms with E-state index in [1.54, 1.807) is 36.4 Å². The normalized spacial score (nSPS) is 10.2. The van der Waals surface area contributed by atoms with Gasteiger partial charge in [-0.25, -0.2) is 4.79 Å². The molecule has 156 valence electrons. The third kappa shape index (κ3) is 5.86. The minimum Gasteiger partial charge on any atom is -0.493 e. The summed E-state index contributed by atoms with van der Waals surface area (Å²) in [7, 11) is 4.44. The Kier molecular flexibility index (Phi) is 8.29. The monoisotopic (exact) mass is 403 g/mol. The second-order valence-corrected chi connectivity index (χ2v) is 5.78. The molecule has 0 saturated carbocycles. The van der Waals surface area contributed by atoms with E-state index < -0.39 is 5.97 Å². The summed E-state index contributed by atoms with van der Waals surface area (Å²) in [4.78, 5) is 24.6. The van der Waals surface area contributed by atoms with Crippen molar-refractivity contribution >= 4 is 17.6 Å². The smallest absolute Gasteiger partial charge is 0.338 e. The summed E-state index contributed by atoms with van der Waals surface area (Å²) in [5.41, 5.74) is 1.24. The number of amides is 1. The minimum absolute atomic E-state index is 0.187. The van der Waals surface area contributed by atoms with Crippen LogP contribution in [0.4, 0.5) is 5.69 Å². The molecule has 2 aromatic rings. The number of hydrogen-bond donors (Lipinski definition) is 1. The van der Waals surface area contributed by atoms with Gasteiger partial charge in [0, 0.05) is 17.9 Å². The highest BCUT2D eigenvalue weighted by molar-refractivity contribution is 6.05. The Labute approximate surface area is 169 Å². The second kappa shape index (κ2) is 10.9. The Morgan fingerprint density at radius 2 is 1.48 bits per heavy atom. The summed E-state index contributed by atoms with van der Waals surface area (Å²) >= 11 is 0. The lowest BCUT2D eigenvalue weighted by Crippen LogP contribution is -2.13. The quantitative estimate of drug-likeness (QED) is 0.481. The molecule has 0 aliphatic heterocycles. The van der Waals surface area contributed by atoms with Crippen LogP contribution >= 0.6 is 0 Å². The van der Waals surface area contributed by atoms with Crippen molar-refractivity contribution in [2.24, 2.45) is 0 Å². The van der Waals surface area contributed by atoms with Crippen molar-refractivity contribution in [1.82, 2.24) is 0 Å². The minimum atomic E-state index is -0.452. The highest BCUT2D eigenvalue weighted by Gasteiger charge is 2.17. The molecule has 0 saturated heterocycles. The van der Waals surface area contributed by atoms with E-state index in [9.17, 15) is 9.59 Å². The number of ether oxygens (including phenoxy) is 5. The number of carbonyl (C=O) groups is 2. The molecule has 0 radical (unpaired) electrons.